The lowest BCUT2D eigenvalue weighted by Crippen LogP contribution is -2.46. The van der Waals surface area contributed by atoms with Gasteiger partial charge in [-0.3, -0.25) is 9.88 Å². The van der Waals surface area contributed by atoms with E-state index >= 15 is 0 Å². The maximum Gasteiger partial charge on any atom is 0.417 e. The molecular weight excluding hydrogens is 362 g/mol. The van der Waals surface area contributed by atoms with Crippen molar-refractivity contribution in [3.8, 4) is 11.1 Å². The molecule has 0 amide bonds. The molecule has 0 saturated carbocycles. The first-order chi connectivity index (χ1) is 21.6. The van der Waals surface area contributed by atoms with Crippen LogP contribution in [-0.4, -0.2) is 35.9 Å². The van der Waals surface area contributed by atoms with Crippen LogP contribution < -0.4 is 10.7 Å². The minimum absolute atomic E-state index is 0.116. The number of piperazine rings is 1. The molecule has 0 aliphatic carbocycles. The van der Waals surface area contributed by atoms with Gasteiger partial charge in [0.1, 0.15) is 0 Å². The minimum Gasteiger partial charge on any atom is -0.406 e. The summed E-state index contributed by atoms with van der Waals surface area (Å²) in [6, 6.07) is -9.51. The molecule has 29 heavy (non-hydrogen) atoms. The second-order valence-corrected chi connectivity index (χ2v) is 5.88. The fourth-order valence-corrected chi connectivity index (χ4v) is 2.71. The van der Waals surface area contributed by atoms with Gasteiger partial charge in [0.25, 0.3) is 0 Å². The highest BCUT2D eigenvalue weighted by Gasteiger charge is 2.20. The summed E-state index contributed by atoms with van der Waals surface area (Å²) in [5.74, 6) is -1.34. The monoisotopic (exact) mass is 403 g/mol. The normalized spacial score (nSPS) is 29.9. The molecule has 2 heterocycles. The van der Waals surface area contributed by atoms with Crippen molar-refractivity contribution < 1.29 is 29.1 Å². The molecule has 5 nitrogen and oxygen atoms in total. The summed E-state index contributed by atoms with van der Waals surface area (Å²) in [5.41, 5.74) is -3.68. The van der Waals surface area contributed by atoms with E-state index in [0.29, 0.717) is 9.80 Å². The number of H-pyrrole nitrogens is 1. The average molecular weight is 404 g/mol. The molecule has 4 aromatic rings. The molecule has 5 heteroatoms. The number of nitrogens with zero attached hydrogens (tertiary/aromatic N) is 2. The predicted octanol–water partition coefficient (Wildman–Crippen LogP) is 4.11. The third-order valence-corrected chi connectivity index (χ3v) is 4.00. The van der Waals surface area contributed by atoms with Gasteiger partial charge in [-0.15, -0.1) is 0 Å². The number of aromatic nitrogens is 1. The first-order valence-corrected chi connectivity index (χ1v) is 8.37. The molecule has 0 spiro atoms. The largest absolute Gasteiger partial charge is 0.417 e. The Morgan fingerprint density at radius 2 is 1.86 bits per heavy atom. The van der Waals surface area contributed by atoms with E-state index in [-0.39, 0.29) is 4.98 Å². The van der Waals surface area contributed by atoms with Crippen LogP contribution >= 0.6 is 0 Å². The maximum atomic E-state index is 12.2. The predicted molar refractivity (Wildman–Crippen MR) is 116 cm³/mol. The fourth-order valence-electron chi connectivity index (χ4n) is 2.71. The molecule has 3 aromatic carbocycles. The smallest absolute Gasteiger partial charge is 0.406 e. The second kappa shape index (κ2) is 7.60. The van der Waals surface area contributed by atoms with Crippen molar-refractivity contribution in [2.45, 2.75) is 6.54 Å². The molecule has 1 aliphatic rings. The summed E-state index contributed by atoms with van der Waals surface area (Å²) in [7, 11) is 0. The van der Waals surface area contributed by atoms with E-state index in [1.165, 1.54) is 0 Å². The Labute approximate surface area is 194 Å². The van der Waals surface area contributed by atoms with Crippen LogP contribution in [0.3, 0.4) is 0 Å². The zero-order valence-electron chi connectivity index (χ0n) is 32.6. The first kappa shape index (κ1) is 6.89. The molecule has 5 rings (SSSR count). The van der Waals surface area contributed by atoms with Crippen LogP contribution in [0, 0.1) is 0 Å². The van der Waals surface area contributed by atoms with Crippen molar-refractivity contribution in [1.82, 2.24) is 9.88 Å². The number of anilines is 1. The van der Waals surface area contributed by atoms with Crippen LogP contribution in [-0.2, 0) is 6.54 Å². The summed E-state index contributed by atoms with van der Waals surface area (Å²) in [6.45, 7) is -9.85. The number of fused-ring (bicyclic) bond motifs is 1. The number of benzene rings is 3. The maximum absolute atomic E-state index is 12.2. The molecule has 0 bridgehead atoms. The second-order valence-electron chi connectivity index (χ2n) is 5.88. The number of hydrogen-bond donors (Lipinski definition) is 1. The lowest BCUT2D eigenvalue weighted by molar-refractivity contribution is 0.250. The Bertz CT molecular complexity index is 2030. The van der Waals surface area contributed by atoms with Gasteiger partial charge in [-0.1, -0.05) is 54.4 Å². The number of hydrogen-bond acceptors (Lipinski definition) is 4. The Hall–Kier alpha value is -3.31. The van der Waals surface area contributed by atoms with Gasteiger partial charge in [0, 0.05) is 35.3 Å². The molecule has 1 aromatic heterocycles. The van der Waals surface area contributed by atoms with Crippen molar-refractivity contribution in [3.05, 3.63) is 88.6 Å². The number of oxazole rings is 1. The first-order valence-electron chi connectivity index (χ1n) is 17.4. The van der Waals surface area contributed by atoms with E-state index in [1.54, 1.807) is 0 Å². The summed E-state index contributed by atoms with van der Waals surface area (Å²) < 4.78 is 156. The van der Waals surface area contributed by atoms with Gasteiger partial charge in [0.15, 0.2) is 6.99 Å². The molecule has 1 saturated heterocycles. The van der Waals surface area contributed by atoms with E-state index in [2.05, 4.69) is 0 Å². The van der Waals surface area contributed by atoms with Crippen molar-refractivity contribution in [2.24, 2.45) is 0 Å². The highest BCUT2D eigenvalue weighted by Crippen LogP contribution is 2.26. The van der Waals surface area contributed by atoms with Crippen molar-refractivity contribution >= 4 is 16.8 Å². The molecule has 1 atom stereocenters. The van der Waals surface area contributed by atoms with Crippen molar-refractivity contribution in [3.63, 3.8) is 0 Å². The molecule has 0 radical (unpaired) electrons. The molecule has 1 aliphatic heterocycles. The third-order valence-electron chi connectivity index (χ3n) is 4.00. The molecule has 1 unspecified atom stereocenters. The zero-order chi connectivity index (χ0) is 35.4. The van der Waals surface area contributed by atoms with Crippen LogP contribution in [0.5, 0.6) is 0 Å². The molecule has 146 valence electrons. The third kappa shape index (κ3) is 3.69. The van der Waals surface area contributed by atoms with Gasteiger partial charge in [-0.25, -0.2) is 4.79 Å². The van der Waals surface area contributed by atoms with Gasteiger partial charge in [-0.2, -0.15) is 0 Å². The summed E-state index contributed by atoms with van der Waals surface area (Å²) in [4.78, 5) is 13.4. The summed E-state index contributed by atoms with van der Waals surface area (Å²) >= 11 is 0. The Balaban J connectivity index is 1.67. The number of nitrogens with one attached hydrogen (secondary N) is 1. The van der Waals surface area contributed by atoms with Gasteiger partial charge in [0.2, 0.25) is 0 Å². The van der Waals surface area contributed by atoms with E-state index in [1.807, 2.05) is 0 Å². The number of aromatic amines is 1. The minimum atomic E-state index is -2.92. The summed E-state index contributed by atoms with van der Waals surface area (Å²) in [5, 5.41) is 0. The highest BCUT2D eigenvalue weighted by atomic mass is 16.4. The highest BCUT2D eigenvalue weighted by molar-refractivity contribution is 5.86. The van der Waals surface area contributed by atoms with Crippen LogP contribution in [0.25, 0.3) is 22.2 Å². The van der Waals surface area contributed by atoms with Gasteiger partial charge >= 0.3 is 5.76 Å². The average Bonchev–Trinajstić information content (AvgIpc) is 3.30. The Kier molecular flexibility index (Phi) is 1.81. The topological polar surface area (TPSA) is 52.5 Å². The van der Waals surface area contributed by atoms with Crippen molar-refractivity contribution in [1.29, 1.82) is 0 Å². The molecule has 1 N–H and O–H groups in total. The van der Waals surface area contributed by atoms with E-state index in [4.69, 9.17) is 29.1 Å². The Morgan fingerprint density at radius 3 is 2.76 bits per heavy atom. The van der Waals surface area contributed by atoms with Crippen LogP contribution in [0.4, 0.5) is 5.69 Å². The Morgan fingerprint density at radius 1 is 1.03 bits per heavy atom. The zero-order valence-corrected chi connectivity index (χ0v) is 14.6. The van der Waals surface area contributed by atoms with Crippen LogP contribution in [0.1, 0.15) is 28.9 Å². The van der Waals surface area contributed by atoms with Crippen molar-refractivity contribution in [2.75, 3.05) is 31.0 Å². The van der Waals surface area contributed by atoms with Crippen LogP contribution in [0.2, 0.25) is 1.41 Å². The standard InChI is InChI=1S/C24H23N3O2/c28-24-25-21-10-5-11-22(23(21)29-24)27-14-12-26(13-15-27)17-18-6-4-9-20(16-18)19-7-2-1-3-8-19/h1-11,16H,12-15,17H2,(H,25,28)/i1D,2D,3D,4D,5D,6D,7D,8D,9D,10D,11D,12D2,14D,15D2,16D/hD. The summed E-state index contributed by atoms with van der Waals surface area (Å²) in [6.07, 6.45) is 0. The van der Waals surface area contributed by atoms with Gasteiger partial charge in [-0.05, 0) is 34.8 Å². The van der Waals surface area contributed by atoms with E-state index < -0.39 is 144 Å². The molecular formula is C24H23N3O2. The quantitative estimate of drug-likeness (QED) is 0.557. The SMILES string of the molecule is [2H]c1c([2H])c([2H])c(-c2c([2H])c([2H])c([2H])c(CN3CC([2H])([2H])N(c4c([2H])c([2H])c([2H])c5c4oc(=O)n5[2H])C([2H])C3([2H])[2H])c2[2H])c([2H])c1[2H]. The number of rotatable bonds is 4. The lowest BCUT2D eigenvalue weighted by atomic mass is 10.0. The van der Waals surface area contributed by atoms with Gasteiger partial charge in [0.05, 0.1) is 31.8 Å². The van der Waals surface area contributed by atoms with Crippen LogP contribution in [0.15, 0.2) is 81.7 Å². The lowest BCUT2D eigenvalue weighted by Gasteiger charge is -2.36. The van der Waals surface area contributed by atoms with E-state index in [9.17, 15) is 4.79 Å². The van der Waals surface area contributed by atoms with Gasteiger partial charge < -0.3 is 9.32 Å². The fraction of sp³-hybridized carbons (Fsp3) is 0.208. The number of para-hydroxylation sites is 1. The van der Waals surface area contributed by atoms with E-state index in [0.717, 1.165) is 0 Å². The molecule has 1 fully saturated rings.